The van der Waals surface area contributed by atoms with Crippen molar-refractivity contribution in [1.29, 1.82) is 0 Å². The summed E-state index contributed by atoms with van der Waals surface area (Å²) >= 11 is 0. The molecule has 1 aliphatic carbocycles. The third-order valence-corrected chi connectivity index (χ3v) is 4.04. The molecule has 1 amide bonds. The number of carbonyl (C=O) groups is 1. The fourth-order valence-electron chi connectivity index (χ4n) is 2.63. The summed E-state index contributed by atoms with van der Waals surface area (Å²) in [5, 5.41) is 6.22. The normalized spacial score (nSPS) is 15.7. The molecule has 4 nitrogen and oxygen atoms in total. The lowest BCUT2D eigenvalue weighted by molar-refractivity contribution is 0.0956. The molecule has 4 heteroatoms. The molecule has 0 aliphatic heterocycles. The van der Waals surface area contributed by atoms with E-state index in [2.05, 4.69) is 17.6 Å². The van der Waals surface area contributed by atoms with Crippen molar-refractivity contribution >= 4 is 17.3 Å². The second-order valence-electron chi connectivity index (χ2n) is 5.77. The monoisotopic (exact) mass is 275 g/mol. The van der Waals surface area contributed by atoms with Gasteiger partial charge in [0.2, 0.25) is 0 Å². The van der Waals surface area contributed by atoms with Gasteiger partial charge in [-0.3, -0.25) is 4.79 Å². The molecular weight excluding hydrogens is 250 g/mol. The lowest BCUT2D eigenvalue weighted by Gasteiger charge is -2.17. The lowest BCUT2D eigenvalue weighted by Crippen LogP contribution is -2.23. The number of nitrogen functional groups attached to an aromatic ring is 1. The molecule has 0 heterocycles. The number of anilines is 2. The van der Waals surface area contributed by atoms with Crippen molar-refractivity contribution < 1.29 is 4.79 Å². The van der Waals surface area contributed by atoms with Crippen LogP contribution in [0, 0.1) is 5.41 Å². The fraction of sp³-hybridized carbons (Fsp3) is 0.562. The van der Waals surface area contributed by atoms with Gasteiger partial charge in [0, 0.05) is 18.7 Å². The zero-order valence-electron chi connectivity index (χ0n) is 12.5. The highest BCUT2D eigenvalue weighted by Crippen LogP contribution is 2.49. The largest absolute Gasteiger partial charge is 0.397 e. The van der Waals surface area contributed by atoms with Gasteiger partial charge in [-0.2, -0.15) is 0 Å². The molecule has 2 rings (SSSR count). The van der Waals surface area contributed by atoms with Crippen molar-refractivity contribution in [3.05, 3.63) is 23.8 Å². The number of benzene rings is 1. The molecule has 20 heavy (non-hydrogen) atoms. The Morgan fingerprint density at radius 3 is 2.65 bits per heavy atom. The van der Waals surface area contributed by atoms with Gasteiger partial charge in [-0.05, 0) is 49.8 Å². The molecule has 0 spiro atoms. The Balaban J connectivity index is 1.98. The van der Waals surface area contributed by atoms with Crippen LogP contribution in [0.4, 0.5) is 11.4 Å². The molecular formula is C16H25N3O. The van der Waals surface area contributed by atoms with Gasteiger partial charge in [-0.15, -0.1) is 0 Å². The summed E-state index contributed by atoms with van der Waals surface area (Å²) in [6.07, 6.45) is 5.12. The van der Waals surface area contributed by atoms with E-state index in [4.69, 9.17) is 5.73 Å². The molecule has 0 aromatic heterocycles. The van der Waals surface area contributed by atoms with Crippen LogP contribution in [-0.4, -0.2) is 19.0 Å². The molecule has 1 fully saturated rings. The number of nitrogens with one attached hydrogen (secondary N) is 2. The van der Waals surface area contributed by atoms with Crippen molar-refractivity contribution in [3.63, 3.8) is 0 Å². The highest BCUT2D eigenvalue weighted by Gasteiger charge is 2.41. The topological polar surface area (TPSA) is 67.2 Å². The molecule has 1 aromatic carbocycles. The maximum Gasteiger partial charge on any atom is 0.251 e. The average molecular weight is 275 g/mol. The third-order valence-electron chi connectivity index (χ3n) is 4.04. The van der Waals surface area contributed by atoms with Crippen LogP contribution in [0.1, 0.15) is 49.9 Å². The molecule has 1 aromatic rings. The van der Waals surface area contributed by atoms with Crippen LogP contribution >= 0.6 is 0 Å². The summed E-state index contributed by atoms with van der Waals surface area (Å²) in [5.74, 6) is -0.0737. The summed E-state index contributed by atoms with van der Waals surface area (Å²) in [7, 11) is 0. The van der Waals surface area contributed by atoms with Crippen LogP contribution in [0.25, 0.3) is 0 Å². The number of carbonyl (C=O) groups excluding carboxylic acids is 1. The number of hydrogen-bond acceptors (Lipinski definition) is 3. The summed E-state index contributed by atoms with van der Waals surface area (Å²) in [6.45, 7) is 5.74. The van der Waals surface area contributed by atoms with E-state index < -0.39 is 0 Å². The van der Waals surface area contributed by atoms with Gasteiger partial charge in [0.15, 0.2) is 0 Å². The smallest absolute Gasteiger partial charge is 0.251 e. The summed E-state index contributed by atoms with van der Waals surface area (Å²) < 4.78 is 0. The SMILES string of the molecule is CCCC1(CNc2ccc(C(=O)NCC)cc2N)CC1. The van der Waals surface area contributed by atoms with Gasteiger partial charge in [-0.1, -0.05) is 13.3 Å². The quantitative estimate of drug-likeness (QED) is 0.670. The van der Waals surface area contributed by atoms with Crippen molar-refractivity contribution in [2.75, 3.05) is 24.1 Å². The van der Waals surface area contributed by atoms with E-state index in [1.54, 1.807) is 6.07 Å². The minimum Gasteiger partial charge on any atom is -0.397 e. The summed E-state index contributed by atoms with van der Waals surface area (Å²) in [5.41, 5.74) is 8.71. The highest BCUT2D eigenvalue weighted by molar-refractivity contribution is 5.96. The van der Waals surface area contributed by atoms with E-state index >= 15 is 0 Å². The van der Waals surface area contributed by atoms with Crippen LogP contribution in [0.2, 0.25) is 0 Å². The van der Waals surface area contributed by atoms with E-state index in [1.807, 2.05) is 19.1 Å². The van der Waals surface area contributed by atoms with Crippen molar-refractivity contribution in [2.24, 2.45) is 5.41 Å². The van der Waals surface area contributed by atoms with Crippen LogP contribution in [0.15, 0.2) is 18.2 Å². The van der Waals surface area contributed by atoms with Crippen molar-refractivity contribution in [2.45, 2.75) is 39.5 Å². The molecule has 0 unspecified atom stereocenters. The Morgan fingerprint density at radius 2 is 2.10 bits per heavy atom. The fourth-order valence-corrected chi connectivity index (χ4v) is 2.63. The average Bonchev–Trinajstić information content (AvgIpc) is 3.18. The van der Waals surface area contributed by atoms with Crippen molar-refractivity contribution in [1.82, 2.24) is 5.32 Å². The van der Waals surface area contributed by atoms with Crippen LogP contribution in [-0.2, 0) is 0 Å². The first kappa shape index (κ1) is 14.7. The number of rotatable bonds is 7. The zero-order chi connectivity index (χ0) is 14.6. The standard InChI is InChI=1S/C16H25N3O/c1-3-7-16(8-9-16)11-19-14-6-5-12(10-13(14)17)15(20)18-4-2/h5-6,10,19H,3-4,7-9,11,17H2,1-2H3,(H,18,20). The zero-order valence-corrected chi connectivity index (χ0v) is 12.5. The van der Waals surface area contributed by atoms with E-state index in [9.17, 15) is 4.79 Å². The molecule has 1 aliphatic rings. The lowest BCUT2D eigenvalue weighted by atomic mass is 10.0. The minimum absolute atomic E-state index is 0.0737. The first-order valence-electron chi connectivity index (χ1n) is 7.52. The van der Waals surface area contributed by atoms with Gasteiger partial charge in [-0.25, -0.2) is 0 Å². The van der Waals surface area contributed by atoms with Crippen LogP contribution < -0.4 is 16.4 Å². The Kier molecular flexibility index (Phi) is 4.53. The second-order valence-corrected chi connectivity index (χ2v) is 5.77. The summed E-state index contributed by atoms with van der Waals surface area (Å²) in [6, 6.07) is 5.47. The predicted octanol–water partition coefficient (Wildman–Crippen LogP) is 3.01. The third kappa shape index (κ3) is 3.44. The number of nitrogens with two attached hydrogens (primary N) is 1. The second kappa shape index (κ2) is 6.16. The Labute approximate surface area is 121 Å². The van der Waals surface area contributed by atoms with E-state index in [0.717, 1.165) is 12.2 Å². The number of hydrogen-bond donors (Lipinski definition) is 3. The van der Waals surface area contributed by atoms with Crippen LogP contribution in [0.3, 0.4) is 0 Å². The van der Waals surface area contributed by atoms with Gasteiger partial charge in [0.05, 0.1) is 11.4 Å². The highest BCUT2D eigenvalue weighted by atomic mass is 16.1. The maximum atomic E-state index is 11.7. The Morgan fingerprint density at radius 1 is 1.35 bits per heavy atom. The van der Waals surface area contributed by atoms with Crippen LogP contribution in [0.5, 0.6) is 0 Å². The Hall–Kier alpha value is -1.71. The van der Waals surface area contributed by atoms with Gasteiger partial charge in [0.1, 0.15) is 0 Å². The van der Waals surface area contributed by atoms with Gasteiger partial charge < -0.3 is 16.4 Å². The van der Waals surface area contributed by atoms with E-state index in [-0.39, 0.29) is 5.91 Å². The van der Waals surface area contributed by atoms with E-state index in [1.165, 1.54) is 25.7 Å². The van der Waals surface area contributed by atoms with Gasteiger partial charge >= 0.3 is 0 Å². The first-order valence-corrected chi connectivity index (χ1v) is 7.52. The van der Waals surface area contributed by atoms with Gasteiger partial charge in [0.25, 0.3) is 5.91 Å². The molecule has 1 saturated carbocycles. The minimum atomic E-state index is -0.0737. The molecule has 110 valence electrons. The predicted molar refractivity (Wildman–Crippen MR) is 83.9 cm³/mol. The first-order chi connectivity index (χ1) is 9.60. The molecule has 0 radical (unpaired) electrons. The molecule has 0 bridgehead atoms. The van der Waals surface area contributed by atoms with Crippen molar-refractivity contribution in [3.8, 4) is 0 Å². The molecule has 0 saturated heterocycles. The summed E-state index contributed by atoms with van der Waals surface area (Å²) in [4.78, 5) is 11.7. The number of amides is 1. The maximum absolute atomic E-state index is 11.7. The molecule has 4 N–H and O–H groups in total. The molecule has 0 atom stereocenters. The van der Waals surface area contributed by atoms with E-state index in [0.29, 0.717) is 23.2 Å². The Bertz CT molecular complexity index is 481.